The number of benzene rings is 2. The Kier molecular flexibility index (Phi) is 5.00. The standard InChI is InChI=1S/C15H12Cl2N2O3/c1-9(13-7-4-11(16)8-14(13)17)18-15(20)10-2-5-12(6-3-10)19(21)22/h2-9H,1H3,(H,18,20). The van der Waals surface area contributed by atoms with Crippen molar-refractivity contribution < 1.29 is 9.72 Å². The predicted molar refractivity (Wildman–Crippen MR) is 85.4 cm³/mol. The zero-order valence-electron chi connectivity index (χ0n) is 11.5. The van der Waals surface area contributed by atoms with Gasteiger partial charge in [0.15, 0.2) is 0 Å². The van der Waals surface area contributed by atoms with Crippen molar-refractivity contribution in [1.29, 1.82) is 0 Å². The lowest BCUT2D eigenvalue weighted by Crippen LogP contribution is -2.26. The quantitative estimate of drug-likeness (QED) is 0.663. The number of nitro groups is 1. The molecular weight excluding hydrogens is 327 g/mol. The van der Waals surface area contributed by atoms with Crippen LogP contribution in [0.2, 0.25) is 10.0 Å². The molecule has 5 nitrogen and oxygen atoms in total. The monoisotopic (exact) mass is 338 g/mol. The Morgan fingerprint density at radius 1 is 1.18 bits per heavy atom. The smallest absolute Gasteiger partial charge is 0.269 e. The molecule has 1 atom stereocenters. The molecule has 22 heavy (non-hydrogen) atoms. The second kappa shape index (κ2) is 6.77. The van der Waals surface area contributed by atoms with Crippen molar-refractivity contribution in [1.82, 2.24) is 5.32 Å². The fraction of sp³-hybridized carbons (Fsp3) is 0.133. The third-order valence-corrected chi connectivity index (χ3v) is 3.68. The molecule has 1 N–H and O–H groups in total. The maximum absolute atomic E-state index is 12.1. The highest BCUT2D eigenvalue weighted by Crippen LogP contribution is 2.26. The Balaban J connectivity index is 2.12. The highest BCUT2D eigenvalue weighted by molar-refractivity contribution is 6.35. The Hall–Kier alpha value is -2.11. The van der Waals surface area contributed by atoms with Crippen molar-refractivity contribution in [3.63, 3.8) is 0 Å². The summed E-state index contributed by atoms with van der Waals surface area (Å²) >= 11 is 11.9. The van der Waals surface area contributed by atoms with Gasteiger partial charge in [0.1, 0.15) is 0 Å². The zero-order chi connectivity index (χ0) is 16.3. The fourth-order valence-corrected chi connectivity index (χ4v) is 2.52. The summed E-state index contributed by atoms with van der Waals surface area (Å²) in [4.78, 5) is 22.2. The Bertz CT molecular complexity index is 717. The minimum Gasteiger partial charge on any atom is -0.345 e. The summed E-state index contributed by atoms with van der Waals surface area (Å²) in [5.41, 5.74) is 1.01. The topological polar surface area (TPSA) is 72.2 Å². The van der Waals surface area contributed by atoms with E-state index in [4.69, 9.17) is 23.2 Å². The second-order valence-electron chi connectivity index (χ2n) is 4.66. The number of nitrogens with one attached hydrogen (secondary N) is 1. The van der Waals surface area contributed by atoms with E-state index in [1.54, 1.807) is 25.1 Å². The third-order valence-electron chi connectivity index (χ3n) is 3.12. The molecule has 0 fully saturated rings. The summed E-state index contributed by atoms with van der Waals surface area (Å²) in [6.07, 6.45) is 0. The minimum atomic E-state index is -0.516. The van der Waals surface area contributed by atoms with Crippen LogP contribution in [0.25, 0.3) is 0 Å². The van der Waals surface area contributed by atoms with Crippen molar-refractivity contribution in [2.75, 3.05) is 0 Å². The number of hydrogen-bond donors (Lipinski definition) is 1. The van der Waals surface area contributed by atoms with Crippen molar-refractivity contribution in [3.8, 4) is 0 Å². The molecule has 0 spiro atoms. The van der Waals surface area contributed by atoms with Gasteiger partial charge in [-0.25, -0.2) is 0 Å². The van der Waals surface area contributed by atoms with E-state index in [0.29, 0.717) is 15.6 Å². The molecule has 0 aromatic heterocycles. The lowest BCUT2D eigenvalue weighted by molar-refractivity contribution is -0.384. The van der Waals surface area contributed by atoms with Crippen LogP contribution >= 0.6 is 23.2 Å². The normalized spacial score (nSPS) is 11.8. The molecule has 114 valence electrons. The summed E-state index contributed by atoms with van der Waals surface area (Å²) in [5, 5.41) is 14.4. The van der Waals surface area contributed by atoms with Gasteiger partial charge in [0.05, 0.1) is 11.0 Å². The maximum Gasteiger partial charge on any atom is 0.269 e. The van der Waals surface area contributed by atoms with Crippen LogP contribution in [0.1, 0.15) is 28.9 Å². The molecule has 2 aromatic rings. The number of rotatable bonds is 4. The molecule has 2 rings (SSSR count). The van der Waals surface area contributed by atoms with Crippen molar-refractivity contribution >= 4 is 34.8 Å². The van der Waals surface area contributed by atoms with E-state index in [1.165, 1.54) is 24.3 Å². The average molecular weight is 339 g/mol. The van der Waals surface area contributed by atoms with Crippen LogP contribution in [0, 0.1) is 10.1 Å². The molecule has 0 bridgehead atoms. The molecule has 2 aromatic carbocycles. The Morgan fingerprint density at radius 2 is 1.82 bits per heavy atom. The van der Waals surface area contributed by atoms with Crippen molar-refractivity contribution in [3.05, 3.63) is 73.8 Å². The molecule has 1 unspecified atom stereocenters. The van der Waals surface area contributed by atoms with Gasteiger partial charge in [-0.15, -0.1) is 0 Å². The second-order valence-corrected chi connectivity index (χ2v) is 5.51. The van der Waals surface area contributed by atoms with Crippen LogP contribution in [-0.4, -0.2) is 10.8 Å². The first kappa shape index (κ1) is 16.3. The number of carbonyl (C=O) groups is 1. The van der Waals surface area contributed by atoms with E-state index in [1.807, 2.05) is 0 Å². The lowest BCUT2D eigenvalue weighted by Gasteiger charge is -2.16. The molecule has 1 amide bonds. The molecule has 0 saturated heterocycles. The van der Waals surface area contributed by atoms with Crippen LogP contribution in [-0.2, 0) is 0 Å². The Labute approximate surface area is 137 Å². The largest absolute Gasteiger partial charge is 0.345 e. The van der Waals surface area contributed by atoms with Crippen LogP contribution in [0.15, 0.2) is 42.5 Å². The fourth-order valence-electron chi connectivity index (χ4n) is 1.94. The molecule has 0 radical (unpaired) electrons. The van der Waals surface area contributed by atoms with Crippen molar-refractivity contribution in [2.45, 2.75) is 13.0 Å². The van der Waals surface area contributed by atoms with Gasteiger partial charge in [0.25, 0.3) is 11.6 Å². The molecule has 0 aliphatic rings. The van der Waals surface area contributed by atoms with Crippen molar-refractivity contribution in [2.24, 2.45) is 0 Å². The average Bonchev–Trinajstić information content (AvgIpc) is 2.47. The van der Waals surface area contributed by atoms with Crippen LogP contribution in [0.4, 0.5) is 5.69 Å². The number of amides is 1. The summed E-state index contributed by atoms with van der Waals surface area (Å²) in [6, 6.07) is 10.1. The van der Waals surface area contributed by atoms with E-state index in [0.717, 1.165) is 5.56 Å². The maximum atomic E-state index is 12.1. The van der Waals surface area contributed by atoms with Crippen LogP contribution < -0.4 is 5.32 Å². The first-order valence-corrected chi connectivity index (χ1v) is 7.14. The number of nitrogens with zero attached hydrogens (tertiary/aromatic N) is 1. The van der Waals surface area contributed by atoms with Gasteiger partial charge in [-0.2, -0.15) is 0 Å². The summed E-state index contributed by atoms with van der Waals surface area (Å²) in [7, 11) is 0. The summed E-state index contributed by atoms with van der Waals surface area (Å²) in [5.74, 6) is -0.339. The van der Waals surface area contributed by atoms with Crippen LogP contribution in [0.5, 0.6) is 0 Å². The van der Waals surface area contributed by atoms with Gasteiger partial charge < -0.3 is 5.32 Å². The molecule has 0 aliphatic carbocycles. The third kappa shape index (κ3) is 3.75. The highest BCUT2D eigenvalue weighted by atomic mass is 35.5. The number of hydrogen-bond acceptors (Lipinski definition) is 3. The molecular formula is C15H12Cl2N2O3. The first-order chi connectivity index (χ1) is 10.4. The van der Waals surface area contributed by atoms with E-state index in [9.17, 15) is 14.9 Å². The SMILES string of the molecule is CC(NC(=O)c1ccc([N+](=O)[O-])cc1)c1ccc(Cl)cc1Cl. The van der Waals surface area contributed by atoms with E-state index < -0.39 is 4.92 Å². The van der Waals surface area contributed by atoms with Gasteiger partial charge in [-0.3, -0.25) is 14.9 Å². The van der Waals surface area contributed by atoms with Gasteiger partial charge >= 0.3 is 0 Å². The summed E-state index contributed by atoms with van der Waals surface area (Å²) < 4.78 is 0. The van der Waals surface area contributed by atoms with Gasteiger partial charge in [-0.05, 0) is 36.8 Å². The first-order valence-electron chi connectivity index (χ1n) is 6.38. The van der Waals surface area contributed by atoms with E-state index >= 15 is 0 Å². The van der Waals surface area contributed by atoms with Gasteiger partial charge in [0, 0.05) is 27.7 Å². The number of halogens is 2. The van der Waals surface area contributed by atoms with Gasteiger partial charge in [-0.1, -0.05) is 29.3 Å². The Morgan fingerprint density at radius 3 is 2.36 bits per heavy atom. The number of carbonyl (C=O) groups excluding carboxylic acids is 1. The van der Waals surface area contributed by atoms with Gasteiger partial charge in [0.2, 0.25) is 0 Å². The lowest BCUT2D eigenvalue weighted by atomic mass is 10.1. The number of nitro benzene ring substituents is 1. The predicted octanol–water partition coefficient (Wildman–Crippen LogP) is 4.39. The van der Waals surface area contributed by atoms with E-state index in [2.05, 4.69) is 5.32 Å². The zero-order valence-corrected chi connectivity index (χ0v) is 13.1. The number of non-ortho nitro benzene ring substituents is 1. The highest BCUT2D eigenvalue weighted by Gasteiger charge is 2.15. The molecule has 0 heterocycles. The van der Waals surface area contributed by atoms with Crippen LogP contribution in [0.3, 0.4) is 0 Å². The minimum absolute atomic E-state index is 0.0645. The molecule has 0 aliphatic heterocycles. The van der Waals surface area contributed by atoms with E-state index in [-0.39, 0.29) is 17.6 Å². The molecule has 7 heteroatoms. The summed E-state index contributed by atoms with van der Waals surface area (Å²) in [6.45, 7) is 1.79. The molecule has 0 saturated carbocycles.